The van der Waals surface area contributed by atoms with Gasteiger partial charge in [0.25, 0.3) is 0 Å². The molecule has 0 saturated carbocycles. The summed E-state index contributed by atoms with van der Waals surface area (Å²) in [5, 5.41) is 3.12. The quantitative estimate of drug-likeness (QED) is 0.758. The largest absolute Gasteiger partial charge is 0.383 e. The number of anilines is 3. The Hall–Kier alpha value is -2.88. The van der Waals surface area contributed by atoms with E-state index in [0.29, 0.717) is 11.8 Å². The lowest BCUT2D eigenvalue weighted by molar-refractivity contribution is 1.18. The standard InChI is InChI=1S/C16H14N4/c17-15-14(12-7-3-1-4-8-12)11-18-16(20-15)19-13-9-5-2-6-10-13/h1-11H,(H3,17,18,19,20). The van der Waals surface area contributed by atoms with Crippen LogP contribution in [0, 0.1) is 0 Å². The minimum atomic E-state index is 0.463. The Balaban J connectivity index is 1.88. The van der Waals surface area contributed by atoms with Crippen LogP contribution in [0.2, 0.25) is 0 Å². The average Bonchev–Trinajstić information content (AvgIpc) is 2.49. The molecule has 2 aromatic carbocycles. The van der Waals surface area contributed by atoms with Gasteiger partial charge >= 0.3 is 0 Å². The highest BCUT2D eigenvalue weighted by atomic mass is 15.1. The number of para-hydroxylation sites is 1. The molecule has 0 aliphatic rings. The minimum Gasteiger partial charge on any atom is -0.383 e. The average molecular weight is 262 g/mol. The van der Waals surface area contributed by atoms with Crippen molar-refractivity contribution in [3.05, 3.63) is 66.9 Å². The molecule has 3 rings (SSSR count). The molecule has 98 valence electrons. The van der Waals surface area contributed by atoms with E-state index in [1.165, 1.54) is 0 Å². The maximum absolute atomic E-state index is 6.02. The van der Waals surface area contributed by atoms with Crippen molar-refractivity contribution in [1.82, 2.24) is 9.97 Å². The molecule has 1 heterocycles. The summed E-state index contributed by atoms with van der Waals surface area (Å²) in [4.78, 5) is 8.61. The Labute approximate surface area is 117 Å². The Bertz CT molecular complexity index is 696. The van der Waals surface area contributed by atoms with E-state index in [1.807, 2.05) is 60.7 Å². The number of nitrogen functional groups attached to an aromatic ring is 1. The van der Waals surface area contributed by atoms with Crippen molar-refractivity contribution >= 4 is 17.5 Å². The van der Waals surface area contributed by atoms with Crippen LogP contribution < -0.4 is 11.1 Å². The topological polar surface area (TPSA) is 63.8 Å². The van der Waals surface area contributed by atoms with Crippen molar-refractivity contribution in [3.8, 4) is 11.1 Å². The van der Waals surface area contributed by atoms with Gasteiger partial charge in [0, 0.05) is 17.4 Å². The van der Waals surface area contributed by atoms with Crippen molar-refractivity contribution < 1.29 is 0 Å². The fourth-order valence-electron chi connectivity index (χ4n) is 1.95. The molecule has 0 aliphatic heterocycles. The molecule has 0 aliphatic carbocycles. The summed E-state index contributed by atoms with van der Waals surface area (Å²) in [6.07, 6.45) is 1.74. The molecule has 20 heavy (non-hydrogen) atoms. The van der Waals surface area contributed by atoms with Gasteiger partial charge in [-0.05, 0) is 17.7 Å². The lowest BCUT2D eigenvalue weighted by Crippen LogP contribution is -2.01. The van der Waals surface area contributed by atoms with E-state index in [-0.39, 0.29) is 0 Å². The van der Waals surface area contributed by atoms with Crippen LogP contribution in [-0.4, -0.2) is 9.97 Å². The minimum absolute atomic E-state index is 0.463. The number of benzene rings is 2. The van der Waals surface area contributed by atoms with E-state index in [4.69, 9.17) is 5.73 Å². The number of nitrogens with two attached hydrogens (primary N) is 1. The van der Waals surface area contributed by atoms with Crippen molar-refractivity contribution in [2.45, 2.75) is 0 Å². The van der Waals surface area contributed by atoms with Gasteiger partial charge < -0.3 is 11.1 Å². The molecular formula is C16H14N4. The van der Waals surface area contributed by atoms with Crippen LogP contribution in [0.4, 0.5) is 17.5 Å². The van der Waals surface area contributed by atoms with Gasteiger partial charge in [0.15, 0.2) is 0 Å². The molecule has 0 atom stereocenters. The lowest BCUT2D eigenvalue weighted by atomic mass is 10.1. The number of nitrogens with zero attached hydrogens (tertiary/aromatic N) is 2. The third-order valence-electron chi connectivity index (χ3n) is 2.93. The fraction of sp³-hybridized carbons (Fsp3) is 0. The summed E-state index contributed by atoms with van der Waals surface area (Å²) in [6, 6.07) is 19.6. The number of nitrogens with one attached hydrogen (secondary N) is 1. The normalized spacial score (nSPS) is 10.2. The molecular weight excluding hydrogens is 248 g/mol. The van der Waals surface area contributed by atoms with Crippen LogP contribution >= 0.6 is 0 Å². The highest BCUT2D eigenvalue weighted by Gasteiger charge is 2.06. The second-order valence-corrected chi connectivity index (χ2v) is 4.35. The molecule has 0 spiro atoms. The maximum atomic E-state index is 6.02. The van der Waals surface area contributed by atoms with Crippen molar-refractivity contribution in [2.75, 3.05) is 11.1 Å². The van der Waals surface area contributed by atoms with Gasteiger partial charge in [-0.1, -0.05) is 48.5 Å². The molecule has 0 unspecified atom stereocenters. The summed E-state index contributed by atoms with van der Waals surface area (Å²) in [5.41, 5.74) is 8.79. The summed E-state index contributed by atoms with van der Waals surface area (Å²) in [7, 11) is 0. The number of rotatable bonds is 3. The van der Waals surface area contributed by atoms with Gasteiger partial charge in [-0.15, -0.1) is 0 Å². The summed E-state index contributed by atoms with van der Waals surface area (Å²) < 4.78 is 0. The zero-order valence-corrected chi connectivity index (χ0v) is 10.8. The van der Waals surface area contributed by atoms with Crippen LogP contribution in [0.1, 0.15) is 0 Å². The molecule has 4 nitrogen and oxygen atoms in total. The van der Waals surface area contributed by atoms with Crippen molar-refractivity contribution in [3.63, 3.8) is 0 Å². The first-order valence-corrected chi connectivity index (χ1v) is 6.33. The third kappa shape index (κ3) is 2.59. The summed E-state index contributed by atoms with van der Waals surface area (Å²) in [6.45, 7) is 0. The van der Waals surface area contributed by atoms with E-state index in [1.54, 1.807) is 6.20 Å². The van der Waals surface area contributed by atoms with Gasteiger partial charge in [-0.25, -0.2) is 4.98 Å². The highest BCUT2D eigenvalue weighted by Crippen LogP contribution is 2.24. The molecule has 3 N–H and O–H groups in total. The molecule has 0 saturated heterocycles. The van der Waals surface area contributed by atoms with Gasteiger partial charge in [0.2, 0.25) is 5.95 Å². The molecule has 0 radical (unpaired) electrons. The van der Waals surface area contributed by atoms with Crippen LogP contribution in [0.3, 0.4) is 0 Å². The van der Waals surface area contributed by atoms with Crippen molar-refractivity contribution in [2.24, 2.45) is 0 Å². The zero-order valence-electron chi connectivity index (χ0n) is 10.8. The molecule has 0 bridgehead atoms. The Morgan fingerprint density at radius 1 is 0.850 bits per heavy atom. The number of aromatic nitrogens is 2. The Morgan fingerprint density at radius 3 is 2.15 bits per heavy atom. The van der Waals surface area contributed by atoms with E-state index < -0.39 is 0 Å². The van der Waals surface area contributed by atoms with Gasteiger partial charge in [-0.2, -0.15) is 4.98 Å². The van der Waals surface area contributed by atoms with E-state index >= 15 is 0 Å². The molecule has 3 aromatic rings. The van der Waals surface area contributed by atoms with Gasteiger partial charge in [-0.3, -0.25) is 0 Å². The highest BCUT2D eigenvalue weighted by molar-refractivity contribution is 5.74. The summed E-state index contributed by atoms with van der Waals surface area (Å²) in [5.74, 6) is 0.956. The van der Waals surface area contributed by atoms with Gasteiger partial charge in [0.1, 0.15) is 5.82 Å². The third-order valence-corrected chi connectivity index (χ3v) is 2.93. The van der Waals surface area contributed by atoms with Crippen LogP contribution in [0.25, 0.3) is 11.1 Å². The monoisotopic (exact) mass is 262 g/mol. The smallest absolute Gasteiger partial charge is 0.229 e. The van der Waals surface area contributed by atoms with Crippen LogP contribution in [0.15, 0.2) is 66.9 Å². The number of hydrogen-bond donors (Lipinski definition) is 2. The van der Waals surface area contributed by atoms with Gasteiger partial charge in [0.05, 0.1) is 0 Å². The zero-order chi connectivity index (χ0) is 13.8. The Kier molecular flexibility index (Phi) is 3.29. The first-order valence-electron chi connectivity index (χ1n) is 6.33. The van der Waals surface area contributed by atoms with Crippen molar-refractivity contribution in [1.29, 1.82) is 0 Å². The maximum Gasteiger partial charge on any atom is 0.229 e. The van der Waals surface area contributed by atoms with Crippen LogP contribution in [0.5, 0.6) is 0 Å². The van der Waals surface area contributed by atoms with E-state index in [2.05, 4.69) is 15.3 Å². The van der Waals surface area contributed by atoms with E-state index in [9.17, 15) is 0 Å². The predicted octanol–water partition coefficient (Wildman–Crippen LogP) is 3.47. The second kappa shape index (κ2) is 5.40. The molecule has 4 heteroatoms. The second-order valence-electron chi connectivity index (χ2n) is 4.35. The fourth-order valence-corrected chi connectivity index (χ4v) is 1.95. The number of hydrogen-bond acceptors (Lipinski definition) is 4. The SMILES string of the molecule is Nc1nc(Nc2ccccc2)ncc1-c1ccccc1. The molecule has 0 amide bonds. The summed E-state index contributed by atoms with van der Waals surface area (Å²) >= 11 is 0. The van der Waals surface area contributed by atoms with Crippen LogP contribution in [-0.2, 0) is 0 Å². The predicted molar refractivity (Wildman–Crippen MR) is 81.6 cm³/mol. The molecule has 0 fully saturated rings. The molecule has 1 aromatic heterocycles. The van der Waals surface area contributed by atoms with E-state index in [0.717, 1.165) is 16.8 Å². The first kappa shape index (κ1) is 12.2. The first-order chi connectivity index (χ1) is 9.83. The Morgan fingerprint density at radius 2 is 1.50 bits per heavy atom. The lowest BCUT2D eigenvalue weighted by Gasteiger charge is -2.08.